The molecule has 0 amide bonds. The van der Waals surface area contributed by atoms with Gasteiger partial charge in [0.05, 0.1) is 31.9 Å². The first kappa shape index (κ1) is 23.1. The van der Waals surface area contributed by atoms with Crippen molar-refractivity contribution in [2.45, 2.75) is 19.9 Å². The monoisotopic (exact) mass is 464 g/mol. The molecular weight excluding hydrogens is 436 g/mol. The largest absolute Gasteiger partial charge is 0.493 e. The second-order valence-corrected chi connectivity index (χ2v) is 9.53. The summed E-state index contributed by atoms with van der Waals surface area (Å²) >= 11 is 5.34. The number of anilines is 2. The molecule has 1 heterocycles. The first-order valence-electron chi connectivity index (χ1n) is 9.85. The molecule has 31 heavy (non-hydrogen) atoms. The van der Waals surface area contributed by atoms with E-state index in [4.69, 9.17) is 27.4 Å². The Bertz CT molecular complexity index is 1060. The van der Waals surface area contributed by atoms with Gasteiger partial charge in [0.15, 0.2) is 16.6 Å². The van der Waals surface area contributed by atoms with Crippen molar-refractivity contribution in [3.05, 3.63) is 47.5 Å². The molecule has 3 rings (SSSR count). The van der Waals surface area contributed by atoms with E-state index in [1.807, 2.05) is 24.3 Å². The number of rotatable bonds is 7. The molecule has 1 aliphatic heterocycles. The maximum Gasteiger partial charge on any atom is 0.232 e. The fraction of sp³-hybridized carbons (Fsp3) is 0.381. The molecule has 0 saturated carbocycles. The highest BCUT2D eigenvalue weighted by molar-refractivity contribution is 7.92. The molecule has 0 aromatic heterocycles. The molecule has 0 unspecified atom stereocenters. The highest BCUT2D eigenvalue weighted by atomic mass is 32.2. The van der Waals surface area contributed by atoms with E-state index >= 15 is 0 Å². The Morgan fingerprint density at radius 3 is 2.13 bits per heavy atom. The third kappa shape index (κ3) is 4.86. The van der Waals surface area contributed by atoms with E-state index in [0.29, 0.717) is 36.8 Å². The van der Waals surface area contributed by atoms with Crippen molar-refractivity contribution in [3.63, 3.8) is 0 Å². The quantitative estimate of drug-likeness (QED) is 0.626. The first-order chi connectivity index (χ1) is 14.7. The molecule has 2 aromatic rings. The second-order valence-electron chi connectivity index (χ2n) is 7.21. The van der Waals surface area contributed by atoms with E-state index in [2.05, 4.69) is 5.01 Å². The Kier molecular flexibility index (Phi) is 6.93. The Morgan fingerprint density at radius 1 is 1.10 bits per heavy atom. The predicted molar refractivity (Wildman–Crippen MR) is 127 cm³/mol. The zero-order valence-electron chi connectivity index (χ0n) is 18.2. The molecule has 0 radical (unpaired) electrons. The molecule has 2 aromatic carbocycles. The lowest BCUT2D eigenvalue weighted by molar-refractivity contribution is 0.263. The lowest BCUT2D eigenvalue weighted by atomic mass is 9.99. The van der Waals surface area contributed by atoms with Gasteiger partial charge in [0, 0.05) is 19.6 Å². The summed E-state index contributed by atoms with van der Waals surface area (Å²) in [6.45, 7) is 3.46. The summed E-state index contributed by atoms with van der Waals surface area (Å²) in [6.07, 6.45) is 1.99. The summed E-state index contributed by atoms with van der Waals surface area (Å²) < 4.78 is 36.2. The molecule has 0 aliphatic carbocycles. The highest BCUT2D eigenvalue weighted by Gasteiger charge is 2.26. The number of thiocarbonyl (C=S) groups is 1. The Labute approximate surface area is 189 Å². The van der Waals surface area contributed by atoms with Crippen molar-refractivity contribution >= 4 is 38.7 Å². The van der Waals surface area contributed by atoms with Crippen LogP contribution in [0.25, 0.3) is 0 Å². The Morgan fingerprint density at radius 2 is 1.65 bits per heavy atom. The number of benzene rings is 2. The van der Waals surface area contributed by atoms with Crippen molar-refractivity contribution in [1.29, 1.82) is 0 Å². The van der Waals surface area contributed by atoms with Gasteiger partial charge >= 0.3 is 0 Å². The molecule has 0 bridgehead atoms. The fourth-order valence-electron chi connectivity index (χ4n) is 3.84. The van der Waals surface area contributed by atoms with Crippen LogP contribution in [0.4, 0.5) is 11.4 Å². The van der Waals surface area contributed by atoms with Gasteiger partial charge < -0.3 is 15.2 Å². The van der Waals surface area contributed by atoms with Crippen molar-refractivity contribution in [2.24, 2.45) is 5.73 Å². The maximum atomic E-state index is 12.0. The number of hydrogen-bond donors (Lipinski definition) is 1. The normalized spacial score (nSPS) is 13.9. The molecule has 0 saturated heterocycles. The maximum absolute atomic E-state index is 12.0. The topological polar surface area (TPSA) is 88.3 Å². The molecule has 0 atom stereocenters. The number of sulfonamides is 1. The van der Waals surface area contributed by atoms with Gasteiger partial charge in [-0.05, 0) is 73.1 Å². The van der Waals surface area contributed by atoms with Crippen LogP contribution >= 0.6 is 12.2 Å². The van der Waals surface area contributed by atoms with Crippen molar-refractivity contribution in [1.82, 2.24) is 5.01 Å². The summed E-state index contributed by atoms with van der Waals surface area (Å²) in [5.41, 5.74) is 9.74. The van der Waals surface area contributed by atoms with E-state index in [0.717, 1.165) is 17.7 Å². The minimum atomic E-state index is -3.35. The van der Waals surface area contributed by atoms with E-state index < -0.39 is 10.0 Å². The van der Waals surface area contributed by atoms with Crippen LogP contribution in [0, 0.1) is 0 Å². The number of nitrogens with two attached hydrogens (primary N) is 1. The lowest BCUT2D eigenvalue weighted by Gasteiger charge is -2.38. The van der Waals surface area contributed by atoms with Gasteiger partial charge in [-0.2, -0.15) is 0 Å². The van der Waals surface area contributed by atoms with Gasteiger partial charge in [0.1, 0.15) is 0 Å². The van der Waals surface area contributed by atoms with Crippen molar-refractivity contribution in [3.8, 4) is 11.5 Å². The summed E-state index contributed by atoms with van der Waals surface area (Å²) in [5, 5.41) is 4.07. The van der Waals surface area contributed by atoms with E-state index in [1.165, 1.54) is 16.1 Å². The third-order valence-corrected chi connectivity index (χ3v) is 6.70. The van der Waals surface area contributed by atoms with Gasteiger partial charge in [-0.25, -0.2) is 18.4 Å². The number of methoxy groups -OCH3 is 2. The predicted octanol–water partition coefficient (Wildman–Crippen LogP) is 2.51. The molecule has 2 N–H and O–H groups in total. The first-order valence-corrected chi connectivity index (χ1v) is 12.1. The average molecular weight is 465 g/mol. The van der Waals surface area contributed by atoms with E-state index in [1.54, 1.807) is 38.3 Å². The Balaban J connectivity index is 1.89. The van der Waals surface area contributed by atoms with Crippen LogP contribution in [-0.2, 0) is 23.0 Å². The highest BCUT2D eigenvalue weighted by Crippen LogP contribution is 2.34. The standard InChI is InChI=1S/C21H28N4O4S2/c1-5-24(31(4,26)27)17-6-8-18(9-7-17)25(21(22)30)23-11-10-15-12-19(28-2)20(29-3)13-16(15)14-23/h6-9,12-13H,5,10-11,14H2,1-4H3,(H2,22,30). The van der Waals surface area contributed by atoms with Gasteiger partial charge in [0.25, 0.3) is 0 Å². The second kappa shape index (κ2) is 9.29. The van der Waals surface area contributed by atoms with Gasteiger partial charge in [-0.3, -0.25) is 4.31 Å². The van der Waals surface area contributed by atoms with Gasteiger partial charge in [-0.15, -0.1) is 0 Å². The molecule has 0 fully saturated rings. The number of hydrogen-bond acceptors (Lipinski definition) is 6. The minimum absolute atomic E-state index is 0.215. The van der Waals surface area contributed by atoms with Crippen molar-refractivity contribution in [2.75, 3.05) is 42.9 Å². The zero-order chi connectivity index (χ0) is 22.8. The van der Waals surface area contributed by atoms with Crippen LogP contribution in [0.3, 0.4) is 0 Å². The van der Waals surface area contributed by atoms with E-state index in [-0.39, 0.29) is 5.11 Å². The Hall–Kier alpha value is -2.56. The van der Waals surface area contributed by atoms with Gasteiger partial charge in [-0.1, -0.05) is 0 Å². The SMILES string of the molecule is CCN(c1ccc(N(C(N)=S)N2CCc3cc(OC)c(OC)cc3C2)cc1)S(C)(=O)=O. The molecule has 0 spiro atoms. The summed E-state index contributed by atoms with van der Waals surface area (Å²) in [5.74, 6) is 1.39. The van der Waals surface area contributed by atoms with Crippen LogP contribution in [0.1, 0.15) is 18.1 Å². The van der Waals surface area contributed by atoms with Crippen molar-refractivity contribution < 1.29 is 17.9 Å². The van der Waals surface area contributed by atoms with E-state index in [9.17, 15) is 8.42 Å². The molecule has 8 nitrogen and oxygen atoms in total. The smallest absolute Gasteiger partial charge is 0.232 e. The number of fused-ring (bicyclic) bond motifs is 1. The number of hydrazine groups is 1. The number of nitrogens with zero attached hydrogens (tertiary/aromatic N) is 3. The number of ether oxygens (including phenoxy) is 2. The van der Waals surface area contributed by atoms with Crippen LogP contribution < -0.4 is 24.5 Å². The van der Waals surface area contributed by atoms with Crippen LogP contribution in [-0.4, -0.2) is 52.1 Å². The summed E-state index contributed by atoms with van der Waals surface area (Å²) in [4.78, 5) is 0. The van der Waals surface area contributed by atoms with Crippen LogP contribution in [0.2, 0.25) is 0 Å². The summed E-state index contributed by atoms with van der Waals surface area (Å²) in [6, 6.07) is 11.2. The molecule has 168 valence electrons. The van der Waals surface area contributed by atoms with Crippen LogP contribution in [0.15, 0.2) is 36.4 Å². The minimum Gasteiger partial charge on any atom is -0.493 e. The molecular formula is C21H28N4O4S2. The van der Waals surface area contributed by atoms with Gasteiger partial charge in [0.2, 0.25) is 10.0 Å². The molecule has 1 aliphatic rings. The average Bonchev–Trinajstić information content (AvgIpc) is 2.73. The lowest BCUT2D eigenvalue weighted by Crippen LogP contribution is -2.51. The molecule has 10 heteroatoms. The van der Waals surface area contributed by atoms with Crippen LogP contribution in [0.5, 0.6) is 11.5 Å². The fourth-order valence-corrected chi connectivity index (χ4v) is 5.03. The zero-order valence-corrected chi connectivity index (χ0v) is 19.8. The third-order valence-electron chi connectivity index (χ3n) is 5.26. The summed E-state index contributed by atoms with van der Waals surface area (Å²) in [7, 11) is -0.106.